The average Bonchev–Trinajstić information content (AvgIpc) is 3.45. The number of nitrogens with zero attached hydrogens (tertiary/aromatic N) is 2. The van der Waals surface area contributed by atoms with Crippen molar-refractivity contribution in [3.05, 3.63) is 94.0 Å². The molecule has 0 bridgehead atoms. The lowest BCUT2D eigenvalue weighted by Crippen LogP contribution is -2.52. The minimum absolute atomic E-state index is 0.0436. The molecule has 0 spiro atoms. The van der Waals surface area contributed by atoms with Gasteiger partial charge in [-0.05, 0) is 68.1 Å². The van der Waals surface area contributed by atoms with Crippen molar-refractivity contribution in [1.82, 2.24) is 10.2 Å². The number of rotatable bonds is 10. The van der Waals surface area contributed by atoms with Crippen LogP contribution in [0.4, 0.5) is 5.69 Å². The van der Waals surface area contributed by atoms with E-state index in [4.69, 9.17) is 23.2 Å². The molecule has 0 heterocycles. The summed E-state index contributed by atoms with van der Waals surface area (Å²) < 4.78 is 28.8. The first-order chi connectivity index (χ1) is 19.1. The van der Waals surface area contributed by atoms with Gasteiger partial charge in [0.1, 0.15) is 12.6 Å². The molecule has 3 aromatic carbocycles. The molecule has 4 rings (SSSR count). The van der Waals surface area contributed by atoms with Crippen molar-refractivity contribution in [2.24, 2.45) is 0 Å². The van der Waals surface area contributed by atoms with Crippen LogP contribution >= 0.6 is 23.2 Å². The second-order valence-corrected chi connectivity index (χ2v) is 12.7. The van der Waals surface area contributed by atoms with Gasteiger partial charge in [0.15, 0.2) is 0 Å². The van der Waals surface area contributed by atoms with Gasteiger partial charge < -0.3 is 10.2 Å². The van der Waals surface area contributed by atoms with Gasteiger partial charge in [0, 0.05) is 12.6 Å². The first kappa shape index (κ1) is 29.9. The predicted octanol–water partition coefficient (Wildman–Crippen LogP) is 5.97. The summed E-state index contributed by atoms with van der Waals surface area (Å²) >= 11 is 12.3. The molecule has 1 fully saturated rings. The van der Waals surface area contributed by atoms with Crippen molar-refractivity contribution < 1.29 is 18.0 Å². The molecule has 7 nitrogen and oxygen atoms in total. The van der Waals surface area contributed by atoms with Gasteiger partial charge in [-0.1, -0.05) is 78.5 Å². The first-order valence-electron chi connectivity index (χ1n) is 13.2. The van der Waals surface area contributed by atoms with Crippen LogP contribution in [0.15, 0.2) is 77.7 Å². The van der Waals surface area contributed by atoms with E-state index in [-0.39, 0.29) is 23.4 Å². The number of nitrogens with one attached hydrogen (secondary N) is 1. The van der Waals surface area contributed by atoms with Gasteiger partial charge in [-0.15, -0.1) is 0 Å². The molecule has 0 saturated heterocycles. The lowest BCUT2D eigenvalue weighted by molar-refractivity contribution is -0.139. The summed E-state index contributed by atoms with van der Waals surface area (Å²) in [7, 11) is -4.11. The van der Waals surface area contributed by atoms with Gasteiger partial charge >= 0.3 is 0 Å². The highest BCUT2D eigenvalue weighted by molar-refractivity contribution is 7.92. The molecule has 0 unspecified atom stereocenters. The van der Waals surface area contributed by atoms with Crippen molar-refractivity contribution in [3.63, 3.8) is 0 Å². The molecule has 1 aliphatic carbocycles. The molecular formula is C30H33Cl2N3O4S. The molecule has 0 aromatic heterocycles. The van der Waals surface area contributed by atoms with Gasteiger partial charge in [0.05, 0.1) is 20.6 Å². The van der Waals surface area contributed by atoms with Crippen LogP contribution in [-0.2, 0) is 26.2 Å². The van der Waals surface area contributed by atoms with Crippen molar-refractivity contribution >= 4 is 50.7 Å². The number of carbonyl (C=O) groups is 2. The molecular weight excluding hydrogens is 569 g/mol. The monoisotopic (exact) mass is 601 g/mol. The van der Waals surface area contributed by atoms with Crippen LogP contribution in [0, 0.1) is 6.92 Å². The lowest BCUT2D eigenvalue weighted by atomic mass is 10.1. The Morgan fingerprint density at radius 1 is 0.950 bits per heavy atom. The van der Waals surface area contributed by atoms with E-state index in [9.17, 15) is 18.0 Å². The van der Waals surface area contributed by atoms with Crippen LogP contribution < -0.4 is 9.62 Å². The Balaban J connectivity index is 1.70. The smallest absolute Gasteiger partial charge is 0.264 e. The molecule has 0 aliphatic heterocycles. The number of hydrogen-bond donors (Lipinski definition) is 1. The summed E-state index contributed by atoms with van der Waals surface area (Å²) in [4.78, 5) is 28.8. The van der Waals surface area contributed by atoms with E-state index in [1.165, 1.54) is 17.0 Å². The Kier molecular flexibility index (Phi) is 9.77. The molecule has 0 radical (unpaired) electrons. The van der Waals surface area contributed by atoms with E-state index in [0.717, 1.165) is 30.0 Å². The van der Waals surface area contributed by atoms with Gasteiger partial charge in [-0.2, -0.15) is 0 Å². The number of anilines is 1. The van der Waals surface area contributed by atoms with E-state index in [2.05, 4.69) is 5.32 Å². The predicted molar refractivity (Wildman–Crippen MR) is 159 cm³/mol. The highest BCUT2D eigenvalue weighted by Gasteiger charge is 2.33. The quantitative estimate of drug-likeness (QED) is 0.310. The standard InChI is InChI=1S/C30H33Cl2N3O4S/c1-21-10-6-9-15-28(21)35(40(38,39)25-13-4-3-5-14-25)20-29(36)34(19-23-16-17-26(31)27(32)18-23)22(2)30(37)33-24-11-7-8-12-24/h3-6,9-10,13-18,22,24H,7-8,11-12,19-20H2,1-2H3,(H,33,37)/t22-/m1/s1. The maximum Gasteiger partial charge on any atom is 0.264 e. The Morgan fingerprint density at radius 3 is 2.25 bits per heavy atom. The summed E-state index contributed by atoms with van der Waals surface area (Å²) in [6.45, 7) is 2.99. The summed E-state index contributed by atoms with van der Waals surface area (Å²) in [6.07, 6.45) is 3.90. The Morgan fingerprint density at radius 2 is 1.60 bits per heavy atom. The van der Waals surface area contributed by atoms with Crippen molar-refractivity contribution in [2.75, 3.05) is 10.8 Å². The SMILES string of the molecule is Cc1ccccc1N(CC(=O)N(Cc1ccc(Cl)c(Cl)c1)[C@H](C)C(=O)NC1CCCC1)S(=O)(=O)c1ccccc1. The second-order valence-electron chi connectivity index (χ2n) is 10.0. The number of hydrogen-bond acceptors (Lipinski definition) is 4. The molecule has 1 N–H and O–H groups in total. The molecule has 212 valence electrons. The number of aryl methyl sites for hydroxylation is 1. The van der Waals surface area contributed by atoms with Crippen molar-refractivity contribution in [1.29, 1.82) is 0 Å². The van der Waals surface area contributed by atoms with Crippen LogP contribution in [0.3, 0.4) is 0 Å². The van der Waals surface area contributed by atoms with E-state index < -0.39 is 28.5 Å². The summed E-state index contributed by atoms with van der Waals surface area (Å²) in [5.74, 6) is -0.809. The lowest BCUT2D eigenvalue weighted by Gasteiger charge is -2.33. The second kappa shape index (κ2) is 13.1. The van der Waals surface area contributed by atoms with Crippen LogP contribution in [0.1, 0.15) is 43.7 Å². The molecule has 1 aliphatic rings. The van der Waals surface area contributed by atoms with Crippen LogP contribution in [-0.4, -0.2) is 43.8 Å². The van der Waals surface area contributed by atoms with E-state index in [1.54, 1.807) is 74.5 Å². The number of carbonyl (C=O) groups excluding carboxylic acids is 2. The van der Waals surface area contributed by atoms with E-state index in [0.29, 0.717) is 26.9 Å². The Labute approximate surface area is 246 Å². The van der Waals surface area contributed by atoms with Crippen molar-refractivity contribution in [2.45, 2.75) is 63.1 Å². The van der Waals surface area contributed by atoms with Gasteiger partial charge in [-0.25, -0.2) is 8.42 Å². The average molecular weight is 603 g/mol. The van der Waals surface area contributed by atoms with Gasteiger partial charge in [-0.3, -0.25) is 13.9 Å². The van der Waals surface area contributed by atoms with Crippen LogP contribution in [0.5, 0.6) is 0 Å². The highest BCUT2D eigenvalue weighted by Crippen LogP contribution is 2.28. The third kappa shape index (κ3) is 6.97. The van der Waals surface area contributed by atoms with Gasteiger partial charge in [0.25, 0.3) is 10.0 Å². The normalized spacial score (nSPS) is 14.5. The number of halogens is 2. The maximum absolute atomic E-state index is 14.0. The zero-order valence-corrected chi connectivity index (χ0v) is 24.8. The van der Waals surface area contributed by atoms with E-state index >= 15 is 0 Å². The largest absolute Gasteiger partial charge is 0.352 e. The summed E-state index contributed by atoms with van der Waals surface area (Å²) in [5, 5.41) is 3.75. The summed E-state index contributed by atoms with van der Waals surface area (Å²) in [6, 6.07) is 19.2. The van der Waals surface area contributed by atoms with Crippen molar-refractivity contribution in [3.8, 4) is 0 Å². The number of sulfonamides is 1. The molecule has 1 atom stereocenters. The highest BCUT2D eigenvalue weighted by atomic mass is 35.5. The topological polar surface area (TPSA) is 86.8 Å². The molecule has 3 aromatic rings. The zero-order chi connectivity index (χ0) is 28.9. The molecule has 2 amide bonds. The van der Waals surface area contributed by atoms with Crippen LogP contribution in [0.2, 0.25) is 10.0 Å². The zero-order valence-electron chi connectivity index (χ0n) is 22.5. The van der Waals surface area contributed by atoms with Gasteiger partial charge in [0.2, 0.25) is 11.8 Å². The Bertz CT molecular complexity index is 1460. The number of para-hydroxylation sites is 1. The first-order valence-corrected chi connectivity index (χ1v) is 15.4. The number of benzene rings is 3. The third-order valence-electron chi connectivity index (χ3n) is 7.20. The molecule has 40 heavy (non-hydrogen) atoms. The minimum Gasteiger partial charge on any atom is -0.352 e. The van der Waals surface area contributed by atoms with E-state index in [1.807, 2.05) is 0 Å². The molecule has 10 heteroatoms. The minimum atomic E-state index is -4.11. The summed E-state index contributed by atoms with van der Waals surface area (Å²) in [5.41, 5.74) is 1.74. The number of amides is 2. The third-order valence-corrected chi connectivity index (χ3v) is 9.71. The van der Waals surface area contributed by atoms with Crippen LogP contribution in [0.25, 0.3) is 0 Å². The fourth-order valence-electron chi connectivity index (χ4n) is 4.89. The Hall–Kier alpha value is -3.07. The maximum atomic E-state index is 14.0. The molecule has 1 saturated carbocycles. The fraction of sp³-hybridized carbons (Fsp3) is 0.333. The fourth-order valence-corrected chi connectivity index (χ4v) is 6.71.